The third kappa shape index (κ3) is 4.71. The maximum Gasteiger partial charge on any atom is 0.460 e. The predicted molar refractivity (Wildman–Crippen MR) is 119 cm³/mol. The molecule has 0 radical (unpaired) electrons. The summed E-state index contributed by atoms with van der Waals surface area (Å²) in [6.45, 7) is 0. The van der Waals surface area contributed by atoms with Crippen molar-refractivity contribution in [2.24, 2.45) is 0 Å². The van der Waals surface area contributed by atoms with Crippen molar-refractivity contribution in [1.29, 1.82) is 0 Å². The number of rotatable bonds is 9. The third-order valence-corrected chi connectivity index (χ3v) is 10.4. The van der Waals surface area contributed by atoms with Gasteiger partial charge in [-0.05, 0) is 52.8 Å². The number of halogens is 9. The Hall–Kier alpha value is -2.91. The minimum atomic E-state index is -7.45. The van der Waals surface area contributed by atoms with E-state index in [1.54, 1.807) is 0 Å². The van der Waals surface area contributed by atoms with Crippen LogP contribution in [0.15, 0.2) is 99.6 Å². The van der Waals surface area contributed by atoms with E-state index in [0.29, 0.717) is 0 Å². The third-order valence-electron chi connectivity index (χ3n) is 5.14. The highest BCUT2D eigenvalue weighted by Gasteiger charge is 2.86. The SMILES string of the molecule is COc1cccc(S(OS(=O)(=O)C(F)(F)C(F)(F)C(F)(F)C(F)(F)F)(c2ccccc2)c2ccccc2)c1. The average molecular weight is 593 g/mol. The van der Waals surface area contributed by atoms with Crippen LogP contribution >= 0.6 is 10.3 Å². The van der Waals surface area contributed by atoms with Gasteiger partial charge in [-0.3, -0.25) is 0 Å². The quantitative estimate of drug-likeness (QED) is 0.240. The maximum absolute atomic E-state index is 14.8. The molecule has 0 saturated carbocycles. The molecule has 4 nitrogen and oxygen atoms in total. The van der Waals surface area contributed by atoms with Crippen LogP contribution in [0.4, 0.5) is 39.5 Å². The van der Waals surface area contributed by atoms with Crippen molar-refractivity contribution in [2.45, 2.75) is 38.0 Å². The highest BCUT2D eigenvalue weighted by molar-refractivity contribution is 8.33. The summed E-state index contributed by atoms with van der Waals surface area (Å²) in [5.74, 6) is -14.9. The Kier molecular flexibility index (Phi) is 7.80. The molecule has 0 aromatic heterocycles. The van der Waals surface area contributed by atoms with Gasteiger partial charge in [0.2, 0.25) is 0 Å². The number of alkyl halides is 9. The summed E-state index contributed by atoms with van der Waals surface area (Å²) in [7, 11) is -10.1. The fourth-order valence-electron chi connectivity index (χ4n) is 3.23. The lowest BCUT2D eigenvalue weighted by atomic mass is 10.1. The molecule has 0 heterocycles. The largest absolute Gasteiger partial charge is 0.497 e. The number of hydrogen-bond acceptors (Lipinski definition) is 4. The van der Waals surface area contributed by atoms with Crippen LogP contribution in [-0.2, 0) is 13.7 Å². The van der Waals surface area contributed by atoms with Gasteiger partial charge in [-0.25, -0.2) is 3.63 Å². The van der Waals surface area contributed by atoms with Crippen LogP contribution in [0.1, 0.15) is 0 Å². The van der Waals surface area contributed by atoms with Gasteiger partial charge in [0.15, 0.2) is 0 Å². The first-order chi connectivity index (χ1) is 17.5. The van der Waals surface area contributed by atoms with Gasteiger partial charge in [-0.1, -0.05) is 42.5 Å². The second kappa shape index (κ2) is 10.0. The van der Waals surface area contributed by atoms with E-state index in [1.807, 2.05) is 0 Å². The molecule has 0 aliphatic rings. The van der Waals surface area contributed by atoms with Crippen molar-refractivity contribution in [1.82, 2.24) is 0 Å². The molecular formula is C23H17F9O4S2. The molecule has 0 fully saturated rings. The molecule has 3 aromatic rings. The van der Waals surface area contributed by atoms with Gasteiger partial charge in [-0.15, -0.1) is 0 Å². The molecule has 0 bridgehead atoms. The second-order valence-corrected chi connectivity index (χ2v) is 12.0. The molecular weight excluding hydrogens is 575 g/mol. The standard InChI is InChI=1S/C23H17F9O4S2/c1-35-16-9-8-14-19(15-16)37(17-10-4-2-5-11-17,18-12-6-3-7-13-18)36-38(33,34)23(31,32)21(26,27)20(24,25)22(28,29)30/h2-15H,1H3. The number of hydrogen-bond donors (Lipinski definition) is 0. The van der Waals surface area contributed by atoms with E-state index in [9.17, 15) is 47.9 Å². The van der Waals surface area contributed by atoms with Crippen molar-refractivity contribution in [2.75, 3.05) is 7.11 Å². The molecule has 0 saturated heterocycles. The van der Waals surface area contributed by atoms with E-state index >= 15 is 0 Å². The van der Waals surface area contributed by atoms with Crippen LogP contribution in [0.2, 0.25) is 0 Å². The smallest absolute Gasteiger partial charge is 0.460 e. The van der Waals surface area contributed by atoms with Crippen LogP contribution in [0.25, 0.3) is 0 Å². The van der Waals surface area contributed by atoms with Crippen LogP contribution < -0.4 is 4.74 Å². The van der Waals surface area contributed by atoms with E-state index in [0.717, 1.165) is 6.07 Å². The monoisotopic (exact) mass is 592 g/mol. The van der Waals surface area contributed by atoms with Crippen LogP contribution in [0.3, 0.4) is 0 Å². The summed E-state index contributed by atoms with van der Waals surface area (Å²) < 4.78 is 158. The van der Waals surface area contributed by atoms with Crippen molar-refractivity contribution in [3.05, 3.63) is 84.9 Å². The number of benzene rings is 3. The van der Waals surface area contributed by atoms with Crippen molar-refractivity contribution in [3.63, 3.8) is 0 Å². The summed E-state index contributed by atoms with van der Waals surface area (Å²) in [6, 6.07) is 17.9. The maximum atomic E-state index is 14.8. The summed E-state index contributed by atoms with van der Waals surface area (Å²) in [5.41, 5.74) is 0. The Morgan fingerprint density at radius 2 is 1.05 bits per heavy atom. The molecule has 0 atom stereocenters. The lowest BCUT2D eigenvalue weighted by Gasteiger charge is -2.41. The first-order valence-corrected chi connectivity index (χ1v) is 13.2. The first-order valence-electron chi connectivity index (χ1n) is 10.2. The first kappa shape index (κ1) is 29.6. The van der Waals surface area contributed by atoms with E-state index in [1.165, 1.54) is 86.0 Å². The fourth-order valence-corrected chi connectivity index (χ4v) is 8.48. The highest BCUT2D eigenvalue weighted by Crippen LogP contribution is 2.71. The van der Waals surface area contributed by atoms with Gasteiger partial charge >= 0.3 is 33.4 Å². The number of ether oxygens (including phenoxy) is 1. The second-order valence-electron chi connectivity index (χ2n) is 7.55. The molecule has 15 heteroatoms. The Bertz CT molecular complexity index is 1320. The van der Waals surface area contributed by atoms with E-state index < -0.39 is 43.7 Å². The van der Waals surface area contributed by atoms with E-state index in [2.05, 4.69) is 0 Å². The van der Waals surface area contributed by atoms with Gasteiger partial charge in [0, 0.05) is 14.7 Å². The van der Waals surface area contributed by atoms with Crippen LogP contribution in [0.5, 0.6) is 5.75 Å². The van der Waals surface area contributed by atoms with Gasteiger partial charge in [0.05, 0.1) is 7.11 Å². The molecule has 0 aliphatic carbocycles. The Labute approximate surface area is 212 Å². The van der Waals surface area contributed by atoms with Crippen molar-refractivity contribution >= 4 is 20.4 Å². The Balaban J connectivity index is 2.37. The van der Waals surface area contributed by atoms with Crippen LogP contribution in [-0.4, -0.2) is 38.8 Å². The molecule has 0 N–H and O–H groups in total. The molecule has 0 amide bonds. The molecule has 38 heavy (non-hydrogen) atoms. The molecule has 0 unspecified atom stereocenters. The zero-order valence-electron chi connectivity index (χ0n) is 18.9. The molecule has 0 spiro atoms. The lowest BCUT2D eigenvalue weighted by molar-refractivity contribution is -0.382. The minimum absolute atomic E-state index is 0.0351. The summed E-state index contributed by atoms with van der Waals surface area (Å²) in [4.78, 5) is -0.617. The summed E-state index contributed by atoms with van der Waals surface area (Å²) in [6.07, 6.45) is -7.22. The van der Waals surface area contributed by atoms with Gasteiger partial charge in [-0.2, -0.15) is 47.9 Å². The van der Waals surface area contributed by atoms with Gasteiger partial charge < -0.3 is 4.74 Å². The van der Waals surface area contributed by atoms with E-state index in [4.69, 9.17) is 8.37 Å². The zero-order valence-corrected chi connectivity index (χ0v) is 20.6. The Morgan fingerprint density at radius 1 is 0.605 bits per heavy atom. The van der Waals surface area contributed by atoms with Crippen molar-refractivity contribution < 1.29 is 56.3 Å². The van der Waals surface area contributed by atoms with Gasteiger partial charge in [0.25, 0.3) is 0 Å². The molecule has 3 aromatic carbocycles. The van der Waals surface area contributed by atoms with Gasteiger partial charge in [0.1, 0.15) is 5.75 Å². The summed E-state index contributed by atoms with van der Waals surface area (Å²) >= 11 is 0. The van der Waals surface area contributed by atoms with Crippen molar-refractivity contribution in [3.8, 4) is 5.75 Å². The lowest BCUT2D eigenvalue weighted by Crippen LogP contribution is -2.63. The normalized spacial score (nSPS) is 14.3. The zero-order chi connectivity index (χ0) is 28.6. The topological polar surface area (TPSA) is 52.6 Å². The Morgan fingerprint density at radius 3 is 1.47 bits per heavy atom. The highest BCUT2D eigenvalue weighted by atomic mass is 32.3. The average Bonchev–Trinajstić information content (AvgIpc) is 2.87. The minimum Gasteiger partial charge on any atom is -0.497 e. The summed E-state index contributed by atoms with van der Waals surface area (Å²) in [5, 5.41) is -7.04. The van der Waals surface area contributed by atoms with Crippen LogP contribution in [0, 0.1) is 0 Å². The number of methoxy groups -OCH3 is 1. The molecule has 3 rings (SSSR count). The molecule has 0 aliphatic heterocycles. The van der Waals surface area contributed by atoms with E-state index in [-0.39, 0.29) is 20.4 Å². The predicted octanol–water partition coefficient (Wildman–Crippen LogP) is 7.66. The molecule has 208 valence electrons. The fraction of sp³-hybridized carbons (Fsp3) is 0.217.